The second kappa shape index (κ2) is 12.4. The van der Waals surface area contributed by atoms with Gasteiger partial charge in [-0.05, 0) is 83.3 Å². The molecular formula is C30H43NO4S. The molecule has 1 aliphatic heterocycles. The number of hydrogen-bond acceptors (Lipinski definition) is 5. The van der Waals surface area contributed by atoms with Gasteiger partial charge in [0.2, 0.25) is 5.91 Å². The van der Waals surface area contributed by atoms with E-state index in [-0.39, 0.29) is 35.0 Å². The molecule has 1 aromatic heterocycles. The molecule has 0 aromatic carbocycles. The maximum absolute atomic E-state index is 13.2. The third-order valence-corrected chi connectivity index (χ3v) is 8.82. The highest BCUT2D eigenvalue weighted by molar-refractivity contribution is 7.14. The quantitative estimate of drug-likeness (QED) is 0.294. The van der Waals surface area contributed by atoms with Crippen LogP contribution in [0.2, 0.25) is 0 Å². The van der Waals surface area contributed by atoms with Crippen molar-refractivity contribution in [2.24, 2.45) is 29.1 Å². The second-order valence-corrected chi connectivity index (χ2v) is 12.7. The second-order valence-electron chi connectivity index (χ2n) is 11.7. The zero-order valence-corrected chi connectivity index (χ0v) is 23.8. The van der Waals surface area contributed by atoms with Gasteiger partial charge in [-0.2, -0.15) is 0 Å². The van der Waals surface area contributed by atoms with Gasteiger partial charge in [0.05, 0.1) is 12.0 Å². The van der Waals surface area contributed by atoms with Crippen LogP contribution in [0.25, 0.3) is 0 Å². The number of amides is 1. The van der Waals surface area contributed by atoms with Crippen LogP contribution in [0.4, 0.5) is 0 Å². The number of esters is 1. The highest BCUT2D eigenvalue weighted by Crippen LogP contribution is 2.36. The number of Topliss-reactive ketones (excluding diaryl/α,β-unsaturated/α-hetero) is 1. The maximum atomic E-state index is 13.2. The van der Waals surface area contributed by atoms with Gasteiger partial charge in [0.25, 0.3) is 0 Å². The molecule has 2 unspecified atom stereocenters. The Balaban J connectivity index is 1.83. The molecule has 2 heterocycles. The fourth-order valence-corrected chi connectivity index (χ4v) is 6.48. The molecule has 2 fully saturated rings. The highest BCUT2D eigenvalue weighted by atomic mass is 32.1. The molecule has 2 atom stereocenters. The fraction of sp³-hybridized carbons (Fsp3) is 0.700. The molecule has 1 amide bonds. The molecule has 0 spiro atoms. The number of thiophene rings is 1. The van der Waals surface area contributed by atoms with Crippen LogP contribution in [0.5, 0.6) is 0 Å². The van der Waals surface area contributed by atoms with Gasteiger partial charge in [-0.1, -0.05) is 31.6 Å². The van der Waals surface area contributed by atoms with Gasteiger partial charge in [0.1, 0.15) is 10.7 Å². The first-order valence-corrected chi connectivity index (χ1v) is 14.4. The van der Waals surface area contributed by atoms with Crippen LogP contribution < -0.4 is 0 Å². The Kier molecular flexibility index (Phi) is 9.80. The first-order valence-electron chi connectivity index (χ1n) is 13.6. The molecular weight excluding hydrogens is 470 g/mol. The Hall–Kier alpha value is -2.13. The minimum Gasteiger partial charge on any atom is -0.465 e. The molecule has 198 valence electrons. The van der Waals surface area contributed by atoms with Crippen molar-refractivity contribution >= 4 is 29.0 Å². The van der Waals surface area contributed by atoms with Gasteiger partial charge < -0.3 is 9.64 Å². The van der Waals surface area contributed by atoms with Crippen LogP contribution in [-0.2, 0) is 20.7 Å². The smallest absolute Gasteiger partial charge is 0.348 e. The number of likely N-dealkylation sites (tertiary alicyclic amines) is 1. The topological polar surface area (TPSA) is 63.7 Å². The molecule has 36 heavy (non-hydrogen) atoms. The standard InChI is InChI=1S/C30H43NO4S/c1-7-31-17-15-25(28(31)33)22(12-13-26(32)21-10-8-20(2)9-11-21)18-23-19-24(14-16-30(3,4)5)36-27(23)29(34)35-6/h19-22,25H,7-13,15,17-18H2,1-6H3. The van der Waals surface area contributed by atoms with E-state index in [2.05, 4.69) is 39.5 Å². The fourth-order valence-electron chi connectivity index (χ4n) is 5.51. The Labute approximate surface area is 221 Å². The summed E-state index contributed by atoms with van der Waals surface area (Å²) in [6, 6.07) is 1.99. The summed E-state index contributed by atoms with van der Waals surface area (Å²) in [5, 5.41) is 0. The number of methoxy groups -OCH3 is 1. The molecule has 0 bridgehead atoms. The van der Waals surface area contributed by atoms with Crippen molar-refractivity contribution < 1.29 is 19.1 Å². The molecule has 1 saturated carbocycles. The summed E-state index contributed by atoms with van der Waals surface area (Å²) < 4.78 is 5.08. The largest absolute Gasteiger partial charge is 0.465 e. The average Bonchev–Trinajstić information content (AvgIpc) is 3.42. The molecule has 2 aliphatic rings. The monoisotopic (exact) mass is 513 g/mol. The van der Waals surface area contributed by atoms with Crippen LogP contribution in [-0.4, -0.2) is 42.8 Å². The molecule has 3 rings (SSSR count). The number of carbonyl (C=O) groups excluding carboxylic acids is 3. The van der Waals surface area contributed by atoms with E-state index in [1.807, 2.05) is 17.9 Å². The Morgan fingerprint density at radius 3 is 2.47 bits per heavy atom. The van der Waals surface area contributed by atoms with Crippen molar-refractivity contribution in [1.29, 1.82) is 0 Å². The van der Waals surface area contributed by atoms with E-state index in [0.29, 0.717) is 42.4 Å². The van der Waals surface area contributed by atoms with Gasteiger partial charge in [-0.3, -0.25) is 9.59 Å². The predicted octanol–water partition coefficient (Wildman–Crippen LogP) is 6.14. The lowest BCUT2D eigenvalue weighted by molar-refractivity contribution is -0.133. The van der Waals surface area contributed by atoms with Gasteiger partial charge in [-0.25, -0.2) is 4.79 Å². The molecule has 5 nitrogen and oxygen atoms in total. The number of rotatable bonds is 9. The van der Waals surface area contributed by atoms with E-state index in [4.69, 9.17) is 4.74 Å². The average molecular weight is 514 g/mol. The van der Waals surface area contributed by atoms with Gasteiger partial charge in [0, 0.05) is 36.8 Å². The lowest BCUT2D eigenvalue weighted by atomic mass is 9.77. The maximum Gasteiger partial charge on any atom is 0.348 e. The minimum absolute atomic E-state index is 0.0157. The van der Waals surface area contributed by atoms with E-state index in [9.17, 15) is 14.4 Å². The third kappa shape index (κ3) is 7.44. The summed E-state index contributed by atoms with van der Waals surface area (Å²) in [6.45, 7) is 11.9. The lowest BCUT2D eigenvalue weighted by Crippen LogP contribution is -2.31. The van der Waals surface area contributed by atoms with E-state index in [1.165, 1.54) is 18.4 Å². The summed E-state index contributed by atoms with van der Waals surface area (Å²) in [5.41, 5.74) is 0.742. The zero-order valence-electron chi connectivity index (χ0n) is 22.9. The van der Waals surface area contributed by atoms with E-state index in [0.717, 1.165) is 49.1 Å². The summed E-state index contributed by atoms with van der Waals surface area (Å²) >= 11 is 1.36. The van der Waals surface area contributed by atoms with E-state index in [1.54, 1.807) is 0 Å². The number of hydrogen-bond donors (Lipinski definition) is 0. The summed E-state index contributed by atoms with van der Waals surface area (Å²) in [4.78, 5) is 42.2. The van der Waals surface area contributed by atoms with Crippen molar-refractivity contribution in [1.82, 2.24) is 4.90 Å². The number of ether oxygens (including phenoxy) is 1. The Bertz CT molecular complexity index is 1000. The number of nitrogens with zero attached hydrogens (tertiary/aromatic N) is 1. The number of carbonyl (C=O) groups is 3. The molecule has 0 N–H and O–H groups in total. The van der Waals surface area contributed by atoms with Crippen molar-refractivity contribution in [2.45, 2.75) is 86.0 Å². The normalized spacial score (nSPS) is 23.2. The minimum atomic E-state index is -0.363. The SMILES string of the molecule is CCN1CCC(C(CCC(=O)C2CCC(C)CC2)Cc2cc(C#CC(C)(C)C)sc2C(=O)OC)C1=O. The third-order valence-electron chi connectivity index (χ3n) is 7.74. The lowest BCUT2D eigenvalue weighted by Gasteiger charge is -2.27. The Morgan fingerprint density at radius 2 is 1.89 bits per heavy atom. The molecule has 1 saturated heterocycles. The summed E-state index contributed by atoms with van der Waals surface area (Å²) in [7, 11) is 1.40. The van der Waals surface area contributed by atoms with Crippen molar-refractivity contribution in [3.8, 4) is 11.8 Å². The van der Waals surface area contributed by atoms with Crippen LogP contribution in [0, 0.1) is 40.9 Å². The molecule has 6 heteroatoms. The van der Waals surface area contributed by atoms with E-state index >= 15 is 0 Å². The number of ketones is 1. The van der Waals surface area contributed by atoms with Crippen molar-refractivity contribution in [2.75, 3.05) is 20.2 Å². The van der Waals surface area contributed by atoms with Crippen molar-refractivity contribution in [3.63, 3.8) is 0 Å². The van der Waals surface area contributed by atoms with Crippen LogP contribution in [0.15, 0.2) is 6.07 Å². The van der Waals surface area contributed by atoms with Gasteiger partial charge in [0.15, 0.2) is 0 Å². The highest BCUT2D eigenvalue weighted by Gasteiger charge is 2.38. The van der Waals surface area contributed by atoms with Gasteiger partial charge >= 0.3 is 5.97 Å². The van der Waals surface area contributed by atoms with Crippen LogP contribution in [0.1, 0.15) is 99.7 Å². The summed E-state index contributed by atoms with van der Waals surface area (Å²) in [6.07, 6.45) is 6.81. The first-order chi connectivity index (χ1) is 17.0. The van der Waals surface area contributed by atoms with E-state index < -0.39 is 0 Å². The molecule has 0 radical (unpaired) electrons. The Morgan fingerprint density at radius 1 is 1.19 bits per heavy atom. The van der Waals surface area contributed by atoms with Crippen molar-refractivity contribution in [3.05, 3.63) is 21.4 Å². The predicted molar refractivity (Wildman–Crippen MR) is 145 cm³/mol. The summed E-state index contributed by atoms with van der Waals surface area (Å²) in [5.74, 6) is 7.42. The zero-order chi connectivity index (χ0) is 26.5. The first kappa shape index (κ1) is 28.4. The molecule has 1 aliphatic carbocycles. The van der Waals surface area contributed by atoms with Crippen LogP contribution >= 0.6 is 11.3 Å². The molecule has 1 aromatic rings. The van der Waals surface area contributed by atoms with Gasteiger partial charge in [-0.15, -0.1) is 11.3 Å². The van der Waals surface area contributed by atoms with Crippen LogP contribution in [0.3, 0.4) is 0 Å².